The van der Waals surface area contributed by atoms with Gasteiger partial charge in [-0.25, -0.2) is 0 Å². The molecule has 4 rings (SSSR count). The zero-order chi connectivity index (χ0) is 24.2. The molecule has 2 aromatic carbocycles. The molecule has 0 radical (unpaired) electrons. The van der Waals surface area contributed by atoms with Crippen molar-refractivity contribution in [3.63, 3.8) is 0 Å². The summed E-state index contributed by atoms with van der Waals surface area (Å²) in [4.78, 5) is 13.1. The molecular formula is C27H33N3O3S. The number of carbonyl (C=O) groups excluding carboxylic acids is 1. The summed E-state index contributed by atoms with van der Waals surface area (Å²) in [7, 11) is 3.26. The van der Waals surface area contributed by atoms with Gasteiger partial charge in [0.25, 0.3) is 0 Å². The summed E-state index contributed by atoms with van der Waals surface area (Å²) in [5, 5.41) is 9.91. The van der Waals surface area contributed by atoms with Gasteiger partial charge >= 0.3 is 0 Å². The highest BCUT2D eigenvalue weighted by molar-refractivity contribution is 7.99. The number of Topliss-reactive ketones (excluding diaryl/α,β-unsaturated/α-hetero) is 1. The number of ketones is 1. The number of rotatable bonds is 8. The van der Waals surface area contributed by atoms with E-state index in [-0.39, 0.29) is 5.78 Å². The third-order valence-corrected chi connectivity index (χ3v) is 7.66. The first kappa shape index (κ1) is 24.3. The van der Waals surface area contributed by atoms with E-state index in [9.17, 15) is 4.79 Å². The molecule has 0 saturated heterocycles. The Labute approximate surface area is 206 Å². The number of hydrogen-bond acceptors (Lipinski definition) is 6. The SMILES string of the molecule is COc1ccc(-c2nnc(SCC(=O)c3cc(C)c(C)cc3C)n2C2CCCCC2)cc1OC. The molecule has 1 saturated carbocycles. The number of aryl methyl sites for hydroxylation is 3. The fraction of sp³-hybridized carbons (Fsp3) is 0.444. The lowest BCUT2D eigenvalue weighted by Crippen LogP contribution is -2.16. The third kappa shape index (κ3) is 4.99. The Kier molecular flexibility index (Phi) is 7.61. The van der Waals surface area contributed by atoms with Crippen LogP contribution in [0.4, 0.5) is 0 Å². The lowest BCUT2D eigenvalue weighted by atomic mass is 9.95. The van der Waals surface area contributed by atoms with E-state index in [4.69, 9.17) is 9.47 Å². The van der Waals surface area contributed by atoms with E-state index in [0.717, 1.165) is 46.1 Å². The van der Waals surface area contributed by atoms with Gasteiger partial charge in [-0.15, -0.1) is 10.2 Å². The Hall–Kier alpha value is -2.80. The molecule has 1 aliphatic carbocycles. The first-order valence-electron chi connectivity index (χ1n) is 11.8. The fourth-order valence-electron chi connectivity index (χ4n) is 4.68. The number of carbonyl (C=O) groups is 1. The molecule has 180 valence electrons. The molecule has 0 spiro atoms. The van der Waals surface area contributed by atoms with E-state index >= 15 is 0 Å². The van der Waals surface area contributed by atoms with Crippen molar-refractivity contribution in [3.8, 4) is 22.9 Å². The van der Waals surface area contributed by atoms with E-state index in [2.05, 4.69) is 27.8 Å². The van der Waals surface area contributed by atoms with Crippen LogP contribution in [0.5, 0.6) is 11.5 Å². The normalized spacial score (nSPS) is 14.3. The third-order valence-electron chi connectivity index (χ3n) is 6.72. The summed E-state index contributed by atoms with van der Waals surface area (Å²) in [5.74, 6) is 2.61. The van der Waals surface area contributed by atoms with Crippen LogP contribution in [0, 0.1) is 20.8 Å². The van der Waals surface area contributed by atoms with Crippen molar-refractivity contribution in [2.45, 2.75) is 64.1 Å². The van der Waals surface area contributed by atoms with Gasteiger partial charge in [0.05, 0.1) is 20.0 Å². The standard InChI is InChI=1S/C27H33N3O3S/c1-17-13-19(3)22(14-18(17)2)23(31)16-34-27-29-28-26(30(27)21-9-7-6-8-10-21)20-11-12-24(32-4)25(15-20)33-5/h11-15,21H,6-10,16H2,1-5H3. The smallest absolute Gasteiger partial charge is 0.192 e. The minimum Gasteiger partial charge on any atom is -0.493 e. The van der Waals surface area contributed by atoms with E-state index in [0.29, 0.717) is 23.3 Å². The number of methoxy groups -OCH3 is 2. The molecule has 1 heterocycles. The van der Waals surface area contributed by atoms with Crippen LogP contribution < -0.4 is 9.47 Å². The van der Waals surface area contributed by atoms with Crippen molar-refractivity contribution in [3.05, 3.63) is 52.6 Å². The lowest BCUT2D eigenvalue weighted by Gasteiger charge is -2.25. The van der Waals surface area contributed by atoms with E-state index < -0.39 is 0 Å². The van der Waals surface area contributed by atoms with Crippen molar-refractivity contribution in [1.82, 2.24) is 14.8 Å². The molecule has 0 aliphatic heterocycles. The number of aromatic nitrogens is 3. The predicted octanol–water partition coefficient (Wildman–Crippen LogP) is 6.37. The molecule has 0 bridgehead atoms. The number of hydrogen-bond donors (Lipinski definition) is 0. The van der Waals surface area contributed by atoms with Crippen LogP contribution in [0.25, 0.3) is 11.4 Å². The first-order chi connectivity index (χ1) is 16.4. The van der Waals surface area contributed by atoms with Gasteiger partial charge < -0.3 is 9.47 Å². The van der Waals surface area contributed by atoms with Crippen LogP contribution in [0.3, 0.4) is 0 Å². The molecule has 0 N–H and O–H groups in total. The second-order valence-electron chi connectivity index (χ2n) is 9.00. The van der Waals surface area contributed by atoms with E-state index in [1.165, 1.54) is 36.6 Å². The summed E-state index contributed by atoms with van der Waals surface area (Å²) in [5.41, 5.74) is 5.09. The number of thioether (sulfide) groups is 1. The quantitative estimate of drug-likeness (QED) is 0.276. The average molecular weight is 480 g/mol. The van der Waals surface area contributed by atoms with Crippen LogP contribution in [0.2, 0.25) is 0 Å². The molecule has 6 nitrogen and oxygen atoms in total. The van der Waals surface area contributed by atoms with Gasteiger partial charge in [-0.1, -0.05) is 37.1 Å². The Balaban J connectivity index is 1.65. The van der Waals surface area contributed by atoms with E-state index in [1.54, 1.807) is 14.2 Å². The average Bonchev–Trinajstić information content (AvgIpc) is 3.28. The Morgan fingerprint density at radius 2 is 1.65 bits per heavy atom. The molecule has 0 amide bonds. The fourth-order valence-corrected chi connectivity index (χ4v) is 5.57. The number of nitrogens with zero attached hydrogens (tertiary/aromatic N) is 3. The van der Waals surface area contributed by atoms with Gasteiger partial charge in [-0.3, -0.25) is 9.36 Å². The topological polar surface area (TPSA) is 66.2 Å². The van der Waals surface area contributed by atoms with Crippen LogP contribution in [0.15, 0.2) is 35.5 Å². The zero-order valence-corrected chi connectivity index (χ0v) is 21.5. The van der Waals surface area contributed by atoms with Gasteiger partial charge in [-0.2, -0.15) is 0 Å². The monoisotopic (exact) mass is 479 g/mol. The van der Waals surface area contributed by atoms with E-state index in [1.807, 2.05) is 38.1 Å². The van der Waals surface area contributed by atoms with Crippen LogP contribution in [-0.2, 0) is 0 Å². The highest BCUT2D eigenvalue weighted by Gasteiger charge is 2.25. The maximum Gasteiger partial charge on any atom is 0.192 e. The highest BCUT2D eigenvalue weighted by atomic mass is 32.2. The van der Waals surface area contributed by atoms with Crippen LogP contribution in [0.1, 0.15) is 65.2 Å². The molecule has 0 atom stereocenters. The van der Waals surface area contributed by atoms with Crippen molar-refractivity contribution in [1.29, 1.82) is 0 Å². The maximum atomic E-state index is 13.1. The Morgan fingerprint density at radius 1 is 0.941 bits per heavy atom. The van der Waals surface area contributed by atoms with Crippen LogP contribution in [-0.4, -0.2) is 40.5 Å². The van der Waals surface area contributed by atoms with Crippen molar-refractivity contribution < 1.29 is 14.3 Å². The molecule has 34 heavy (non-hydrogen) atoms. The lowest BCUT2D eigenvalue weighted by molar-refractivity contribution is 0.102. The molecule has 0 unspecified atom stereocenters. The predicted molar refractivity (Wildman–Crippen MR) is 136 cm³/mol. The van der Waals surface area contributed by atoms with Crippen molar-refractivity contribution in [2.75, 3.05) is 20.0 Å². The van der Waals surface area contributed by atoms with Gasteiger partial charge in [0, 0.05) is 17.2 Å². The van der Waals surface area contributed by atoms with Gasteiger partial charge in [0.1, 0.15) is 0 Å². The zero-order valence-electron chi connectivity index (χ0n) is 20.7. The minimum atomic E-state index is 0.122. The van der Waals surface area contributed by atoms with Gasteiger partial charge in [-0.05, 0) is 74.6 Å². The first-order valence-corrected chi connectivity index (χ1v) is 12.8. The van der Waals surface area contributed by atoms with Crippen molar-refractivity contribution in [2.24, 2.45) is 0 Å². The largest absolute Gasteiger partial charge is 0.493 e. The molecule has 3 aromatic rings. The summed E-state index contributed by atoms with van der Waals surface area (Å²) in [6, 6.07) is 10.3. The Morgan fingerprint density at radius 3 is 2.35 bits per heavy atom. The minimum absolute atomic E-state index is 0.122. The Bertz CT molecular complexity index is 1180. The molecular weight excluding hydrogens is 446 g/mol. The maximum absolute atomic E-state index is 13.1. The summed E-state index contributed by atoms with van der Waals surface area (Å²) < 4.78 is 13.2. The number of ether oxygens (including phenoxy) is 2. The van der Waals surface area contributed by atoms with Crippen LogP contribution >= 0.6 is 11.8 Å². The van der Waals surface area contributed by atoms with Gasteiger partial charge in [0.2, 0.25) is 0 Å². The highest BCUT2D eigenvalue weighted by Crippen LogP contribution is 2.38. The second-order valence-corrected chi connectivity index (χ2v) is 9.94. The molecule has 1 aliphatic rings. The summed E-state index contributed by atoms with van der Waals surface area (Å²) >= 11 is 1.48. The molecule has 1 fully saturated rings. The summed E-state index contributed by atoms with van der Waals surface area (Å²) in [6.45, 7) is 6.13. The number of benzene rings is 2. The second kappa shape index (κ2) is 10.6. The van der Waals surface area contributed by atoms with Gasteiger partial charge in [0.15, 0.2) is 28.3 Å². The summed E-state index contributed by atoms with van der Waals surface area (Å²) in [6.07, 6.45) is 5.84. The van der Waals surface area contributed by atoms with Crippen molar-refractivity contribution >= 4 is 17.5 Å². The molecule has 7 heteroatoms. The molecule has 1 aromatic heterocycles.